The molecule has 0 fully saturated rings. The van der Waals surface area contributed by atoms with Gasteiger partial charge in [0.05, 0.1) is 6.20 Å². The lowest BCUT2D eigenvalue weighted by Gasteiger charge is -2.10. The number of ether oxygens (including phenoxy) is 1. The Morgan fingerprint density at radius 3 is 2.83 bits per heavy atom. The van der Waals surface area contributed by atoms with E-state index < -0.39 is 12.9 Å². The van der Waals surface area contributed by atoms with Crippen LogP contribution in [-0.2, 0) is 13.7 Å². The van der Waals surface area contributed by atoms with Crippen molar-refractivity contribution in [2.24, 2.45) is 7.05 Å². The molecule has 0 bridgehead atoms. The van der Waals surface area contributed by atoms with E-state index in [1.165, 1.54) is 12.1 Å². The van der Waals surface area contributed by atoms with E-state index in [-0.39, 0.29) is 17.8 Å². The molecule has 0 spiro atoms. The molecule has 18 heavy (non-hydrogen) atoms. The SMILES string of the molecule is Cn1cc(COc2ccc(F)cc2B(O)O)cn1. The van der Waals surface area contributed by atoms with E-state index in [0.29, 0.717) is 0 Å². The summed E-state index contributed by atoms with van der Waals surface area (Å²) in [5.74, 6) is -0.318. The van der Waals surface area contributed by atoms with Crippen LogP contribution < -0.4 is 10.2 Å². The summed E-state index contributed by atoms with van der Waals surface area (Å²) in [6.07, 6.45) is 3.41. The quantitative estimate of drug-likeness (QED) is 0.738. The largest absolute Gasteiger partial charge is 0.492 e. The molecule has 94 valence electrons. The first-order valence-electron chi connectivity index (χ1n) is 5.32. The summed E-state index contributed by atoms with van der Waals surface area (Å²) < 4.78 is 20.0. The van der Waals surface area contributed by atoms with Crippen LogP contribution in [0.4, 0.5) is 4.39 Å². The maximum absolute atomic E-state index is 13.0. The zero-order valence-corrected chi connectivity index (χ0v) is 9.75. The Bertz CT molecular complexity index is 545. The van der Waals surface area contributed by atoms with Crippen LogP contribution in [0.1, 0.15) is 5.56 Å². The molecule has 0 atom stereocenters. The molecule has 0 radical (unpaired) electrons. The first kappa shape index (κ1) is 12.6. The predicted molar refractivity (Wildman–Crippen MR) is 63.8 cm³/mol. The highest BCUT2D eigenvalue weighted by Crippen LogP contribution is 2.12. The second-order valence-electron chi connectivity index (χ2n) is 3.87. The van der Waals surface area contributed by atoms with Gasteiger partial charge in [-0.05, 0) is 18.2 Å². The van der Waals surface area contributed by atoms with Crippen molar-refractivity contribution in [2.45, 2.75) is 6.61 Å². The second kappa shape index (κ2) is 5.20. The zero-order chi connectivity index (χ0) is 13.1. The number of aromatic nitrogens is 2. The lowest BCUT2D eigenvalue weighted by Crippen LogP contribution is -2.31. The number of halogens is 1. The van der Waals surface area contributed by atoms with Gasteiger partial charge in [0.25, 0.3) is 0 Å². The van der Waals surface area contributed by atoms with Crippen LogP contribution >= 0.6 is 0 Å². The van der Waals surface area contributed by atoms with E-state index in [0.717, 1.165) is 11.6 Å². The van der Waals surface area contributed by atoms with Gasteiger partial charge in [-0.1, -0.05) is 0 Å². The number of benzene rings is 1. The summed E-state index contributed by atoms with van der Waals surface area (Å²) in [6, 6.07) is 3.59. The van der Waals surface area contributed by atoms with Gasteiger partial charge in [-0.15, -0.1) is 0 Å². The zero-order valence-electron chi connectivity index (χ0n) is 9.75. The molecule has 0 saturated heterocycles. The van der Waals surface area contributed by atoms with Gasteiger partial charge in [-0.2, -0.15) is 5.10 Å². The van der Waals surface area contributed by atoms with E-state index in [2.05, 4.69) is 5.10 Å². The van der Waals surface area contributed by atoms with E-state index in [9.17, 15) is 4.39 Å². The highest BCUT2D eigenvalue weighted by molar-refractivity contribution is 6.59. The Labute approximate surface area is 104 Å². The number of aryl methyl sites for hydroxylation is 1. The average molecular weight is 250 g/mol. The van der Waals surface area contributed by atoms with Crippen molar-refractivity contribution in [3.05, 3.63) is 42.0 Å². The fraction of sp³-hybridized carbons (Fsp3) is 0.182. The van der Waals surface area contributed by atoms with Crippen LogP contribution in [-0.4, -0.2) is 26.9 Å². The molecule has 0 aliphatic carbocycles. The van der Waals surface area contributed by atoms with Crippen molar-refractivity contribution in [3.63, 3.8) is 0 Å². The number of rotatable bonds is 4. The molecular formula is C11H12BFN2O3. The summed E-state index contributed by atoms with van der Waals surface area (Å²) in [4.78, 5) is 0. The van der Waals surface area contributed by atoms with Gasteiger partial charge in [-0.3, -0.25) is 4.68 Å². The monoisotopic (exact) mass is 250 g/mol. The normalized spacial score (nSPS) is 10.4. The summed E-state index contributed by atoms with van der Waals surface area (Å²) in [7, 11) is 0.00852. The molecule has 1 aromatic carbocycles. The van der Waals surface area contributed by atoms with Crippen molar-refractivity contribution >= 4 is 12.6 Å². The lowest BCUT2D eigenvalue weighted by molar-refractivity contribution is 0.306. The third-order valence-corrected chi connectivity index (χ3v) is 2.40. The number of hydrogen-bond donors (Lipinski definition) is 2. The van der Waals surface area contributed by atoms with Crippen LogP contribution in [0, 0.1) is 5.82 Å². The average Bonchev–Trinajstić information content (AvgIpc) is 2.73. The summed E-state index contributed by atoms with van der Waals surface area (Å²) >= 11 is 0. The van der Waals surface area contributed by atoms with Crippen LogP contribution in [0.3, 0.4) is 0 Å². The standard InChI is InChI=1S/C11H12BFN2O3/c1-15-6-8(5-14-15)7-18-11-3-2-9(13)4-10(11)12(16)17/h2-6,16-17H,7H2,1H3. The van der Waals surface area contributed by atoms with Gasteiger partial charge >= 0.3 is 7.12 Å². The van der Waals surface area contributed by atoms with Gasteiger partial charge in [0.1, 0.15) is 18.2 Å². The Morgan fingerprint density at radius 1 is 1.44 bits per heavy atom. The third-order valence-electron chi connectivity index (χ3n) is 2.40. The smallest absolute Gasteiger partial charge is 0.489 e. The van der Waals surface area contributed by atoms with Crippen LogP contribution in [0.5, 0.6) is 5.75 Å². The highest BCUT2D eigenvalue weighted by Gasteiger charge is 2.18. The van der Waals surface area contributed by atoms with Crippen LogP contribution in [0.15, 0.2) is 30.6 Å². The topological polar surface area (TPSA) is 67.5 Å². The molecule has 0 saturated carbocycles. The van der Waals surface area contributed by atoms with Gasteiger partial charge in [0.2, 0.25) is 0 Å². The molecule has 2 aromatic rings. The number of hydrogen-bond acceptors (Lipinski definition) is 4. The second-order valence-corrected chi connectivity index (χ2v) is 3.87. The molecule has 0 aliphatic heterocycles. The Morgan fingerprint density at radius 2 is 2.22 bits per heavy atom. The molecule has 5 nitrogen and oxygen atoms in total. The van der Waals surface area contributed by atoms with Gasteiger partial charge < -0.3 is 14.8 Å². The molecular weight excluding hydrogens is 238 g/mol. The molecule has 7 heteroatoms. The predicted octanol–water partition coefficient (Wildman–Crippen LogP) is -0.182. The van der Waals surface area contributed by atoms with Crippen molar-refractivity contribution < 1.29 is 19.2 Å². The summed E-state index contributed by atoms with van der Waals surface area (Å²) in [6.45, 7) is 0.221. The molecule has 0 amide bonds. The molecule has 1 heterocycles. The fourth-order valence-corrected chi connectivity index (χ4v) is 1.56. The first-order chi connectivity index (χ1) is 8.56. The minimum atomic E-state index is -1.77. The minimum absolute atomic E-state index is 0.00103. The molecule has 2 N–H and O–H groups in total. The van der Waals surface area contributed by atoms with Crippen molar-refractivity contribution in [1.29, 1.82) is 0 Å². The van der Waals surface area contributed by atoms with Gasteiger partial charge in [-0.25, -0.2) is 4.39 Å². The maximum Gasteiger partial charge on any atom is 0.492 e. The molecule has 1 aromatic heterocycles. The van der Waals surface area contributed by atoms with Crippen LogP contribution in [0.2, 0.25) is 0 Å². The molecule has 2 rings (SSSR count). The first-order valence-corrected chi connectivity index (χ1v) is 5.32. The third kappa shape index (κ3) is 2.88. The van der Waals surface area contributed by atoms with Crippen molar-refractivity contribution in [2.75, 3.05) is 0 Å². The lowest BCUT2D eigenvalue weighted by atomic mass is 9.79. The highest BCUT2D eigenvalue weighted by atomic mass is 19.1. The molecule has 0 unspecified atom stereocenters. The van der Waals surface area contributed by atoms with Gasteiger partial charge in [0.15, 0.2) is 0 Å². The summed E-state index contributed by atoms with van der Waals surface area (Å²) in [5.41, 5.74) is 0.832. The Balaban J connectivity index is 2.13. The fourth-order valence-electron chi connectivity index (χ4n) is 1.56. The van der Waals surface area contributed by atoms with E-state index in [4.69, 9.17) is 14.8 Å². The maximum atomic E-state index is 13.0. The van der Waals surface area contributed by atoms with E-state index in [1.807, 2.05) is 0 Å². The van der Waals surface area contributed by atoms with E-state index >= 15 is 0 Å². The number of nitrogens with zero attached hydrogens (tertiary/aromatic N) is 2. The van der Waals surface area contributed by atoms with E-state index in [1.54, 1.807) is 24.1 Å². The van der Waals surface area contributed by atoms with Crippen LogP contribution in [0.25, 0.3) is 0 Å². The Kier molecular flexibility index (Phi) is 3.64. The Hall–Kier alpha value is -1.86. The minimum Gasteiger partial charge on any atom is -0.489 e. The van der Waals surface area contributed by atoms with Crippen molar-refractivity contribution in [3.8, 4) is 5.75 Å². The summed E-state index contributed by atoms with van der Waals surface area (Å²) in [5, 5.41) is 22.2. The molecule has 0 aliphatic rings. The van der Waals surface area contributed by atoms with Crippen molar-refractivity contribution in [1.82, 2.24) is 9.78 Å². The van der Waals surface area contributed by atoms with Gasteiger partial charge in [0, 0.05) is 24.3 Å².